The maximum atomic E-state index is 12.9. The first-order chi connectivity index (χ1) is 19.0. The average Bonchev–Trinajstić information content (AvgIpc) is 2.95. The number of ketones is 1. The summed E-state index contributed by atoms with van der Waals surface area (Å²) in [4.78, 5) is 30.4. The molecule has 0 saturated heterocycles. The third kappa shape index (κ3) is 7.09. The number of carbonyl (C=O) groups excluding carboxylic acids is 2. The Morgan fingerprint density at radius 2 is 1.67 bits per heavy atom. The number of nitrogens with one attached hydrogen (secondary N) is 1. The molecule has 3 N–H and O–H groups in total. The molecule has 0 unspecified atom stereocenters. The summed E-state index contributed by atoms with van der Waals surface area (Å²) in [5.41, 5.74) is 9.77. The number of pyridine rings is 1. The van der Waals surface area contributed by atoms with Crippen LogP contribution < -0.4 is 20.5 Å². The summed E-state index contributed by atoms with van der Waals surface area (Å²) < 4.78 is 11.2. The van der Waals surface area contributed by atoms with Gasteiger partial charge in [-0.25, -0.2) is 4.98 Å². The monoisotopic (exact) mass is 523 g/mol. The molecule has 3 aromatic carbocycles. The van der Waals surface area contributed by atoms with Crippen LogP contribution in [0.3, 0.4) is 0 Å². The van der Waals surface area contributed by atoms with E-state index in [0.717, 1.165) is 27.6 Å². The van der Waals surface area contributed by atoms with Crippen molar-refractivity contribution >= 4 is 34.5 Å². The van der Waals surface area contributed by atoms with Crippen LogP contribution in [0.4, 0.5) is 5.82 Å². The zero-order valence-corrected chi connectivity index (χ0v) is 22.3. The first-order valence-corrected chi connectivity index (χ1v) is 13.1. The van der Waals surface area contributed by atoms with E-state index in [1.54, 1.807) is 18.2 Å². The molecule has 7 nitrogen and oxygen atoms in total. The van der Waals surface area contributed by atoms with Gasteiger partial charge in [-0.15, -0.1) is 0 Å². The second kappa shape index (κ2) is 13.3. The number of Topliss-reactive ketones (excluding diaryl/α,β-unsaturated/α-hetero) is 1. The standard InChI is InChI=1S/C32H33N3O4/c1-3-38-29-16-13-24(20-30(29)39-4-2)28(36)15-17-32(37)35-31-21-26(23-10-6-5-7-11-23)25-14-12-22(9-8-18-33)19-27(25)34-31/h5-14,16,19-21H,3-4,15,17-18,33H2,1-2H3,(H,34,35,37)/b9-8+. The fraction of sp³-hybridized carbons (Fsp3) is 0.219. The van der Waals surface area contributed by atoms with Gasteiger partial charge in [-0.1, -0.05) is 54.6 Å². The Balaban J connectivity index is 1.53. The quantitative estimate of drug-likeness (QED) is 0.212. The lowest BCUT2D eigenvalue weighted by molar-refractivity contribution is -0.116. The highest BCUT2D eigenvalue weighted by Crippen LogP contribution is 2.32. The maximum absolute atomic E-state index is 12.9. The van der Waals surface area contributed by atoms with Crippen LogP contribution in [0.15, 0.2) is 78.9 Å². The van der Waals surface area contributed by atoms with Gasteiger partial charge in [-0.3, -0.25) is 9.59 Å². The molecular formula is C32H33N3O4. The van der Waals surface area contributed by atoms with Crippen LogP contribution in [0.1, 0.15) is 42.6 Å². The number of amides is 1. The molecule has 0 fully saturated rings. The van der Waals surface area contributed by atoms with Crippen LogP contribution in [0.5, 0.6) is 11.5 Å². The fourth-order valence-electron chi connectivity index (χ4n) is 4.28. The number of carbonyl (C=O) groups is 2. The molecule has 0 radical (unpaired) electrons. The number of ether oxygens (including phenoxy) is 2. The van der Waals surface area contributed by atoms with Gasteiger partial charge in [0.25, 0.3) is 0 Å². The summed E-state index contributed by atoms with van der Waals surface area (Å²) in [6.45, 7) is 5.15. The van der Waals surface area contributed by atoms with Crippen molar-refractivity contribution in [3.8, 4) is 22.6 Å². The van der Waals surface area contributed by atoms with Crippen LogP contribution in [-0.2, 0) is 4.79 Å². The molecule has 200 valence electrons. The Bertz CT molecular complexity index is 1480. The van der Waals surface area contributed by atoms with Crippen molar-refractivity contribution in [2.45, 2.75) is 26.7 Å². The van der Waals surface area contributed by atoms with E-state index in [9.17, 15) is 9.59 Å². The number of rotatable bonds is 12. The molecule has 0 bridgehead atoms. The maximum Gasteiger partial charge on any atom is 0.225 e. The summed E-state index contributed by atoms with van der Waals surface area (Å²) in [5.74, 6) is 1.10. The lowest BCUT2D eigenvalue weighted by Crippen LogP contribution is -2.14. The van der Waals surface area contributed by atoms with Gasteiger partial charge in [-0.2, -0.15) is 0 Å². The zero-order chi connectivity index (χ0) is 27.6. The van der Waals surface area contributed by atoms with Crippen LogP contribution in [0, 0.1) is 0 Å². The summed E-state index contributed by atoms with van der Waals surface area (Å²) in [5, 5.41) is 3.86. The molecule has 0 aliphatic rings. The van der Waals surface area contributed by atoms with Crippen LogP contribution >= 0.6 is 0 Å². The Morgan fingerprint density at radius 3 is 2.41 bits per heavy atom. The van der Waals surface area contributed by atoms with Crippen molar-refractivity contribution in [1.29, 1.82) is 0 Å². The average molecular weight is 524 g/mol. The summed E-state index contributed by atoms with van der Waals surface area (Å²) in [6.07, 6.45) is 3.90. The summed E-state index contributed by atoms with van der Waals surface area (Å²) in [6, 6.07) is 22.9. The minimum Gasteiger partial charge on any atom is -0.490 e. The molecule has 0 atom stereocenters. The summed E-state index contributed by atoms with van der Waals surface area (Å²) in [7, 11) is 0. The Labute approximate surface area is 228 Å². The van der Waals surface area contributed by atoms with E-state index < -0.39 is 0 Å². The molecule has 0 saturated carbocycles. The van der Waals surface area contributed by atoms with Gasteiger partial charge in [-0.05, 0) is 60.9 Å². The first kappa shape index (κ1) is 27.5. The molecular weight excluding hydrogens is 490 g/mol. The highest BCUT2D eigenvalue weighted by molar-refractivity contribution is 6.02. The Hall–Kier alpha value is -4.49. The predicted octanol–water partition coefficient (Wildman–Crippen LogP) is 6.27. The molecule has 1 heterocycles. The minimum atomic E-state index is -0.288. The number of fused-ring (bicyclic) bond motifs is 1. The smallest absolute Gasteiger partial charge is 0.225 e. The largest absolute Gasteiger partial charge is 0.490 e. The molecule has 0 aliphatic heterocycles. The van der Waals surface area contributed by atoms with E-state index in [4.69, 9.17) is 20.2 Å². The van der Waals surface area contributed by atoms with E-state index in [1.165, 1.54) is 0 Å². The molecule has 0 aliphatic carbocycles. The van der Waals surface area contributed by atoms with Gasteiger partial charge < -0.3 is 20.5 Å². The van der Waals surface area contributed by atoms with Gasteiger partial charge in [0.05, 0.1) is 18.7 Å². The summed E-state index contributed by atoms with van der Waals surface area (Å²) >= 11 is 0. The number of nitrogens with two attached hydrogens (primary N) is 1. The molecule has 0 spiro atoms. The fourth-order valence-corrected chi connectivity index (χ4v) is 4.28. The topological polar surface area (TPSA) is 104 Å². The number of hydrogen-bond acceptors (Lipinski definition) is 6. The third-order valence-electron chi connectivity index (χ3n) is 6.08. The SMILES string of the molecule is CCOc1ccc(C(=O)CCC(=O)Nc2cc(-c3ccccc3)c3ccc(/C=C/CN)cc3n2)cc1OCC. The molecule has 4 rings (SSSR count). The minimum absolute atomic E-state index is 0.0235. The molecule has 7 heteroatoms. The number of aromatic nitrogens is 1. The van der Waals surface area contributed by atoms with Crippen LogP contribution in [0.2, 0.25) is 0 Å². The van der Waals surface area contributed by atoms with Gasteiger partial charge in [0, 0.05) is 30.3 Å². The third-order valence-corrected chi connectivity index (χ3v) is 6.08. The van der Waals surface area contributed by atoms with Crippen molar-refractivity contribution < 1.29 is 19.1 Å². The number of nitrogens with zero attached hydrogens (tertiary/aromatic N) is 1. The van der Waals surface area contributed by atoms with Crippen LogP contribution in [-0.4, -0.2) is 36.4 Å². The van der Waals surface area contributed by atoms with Crippen molar-refractivity contribution in [2.75, 3.05) is 25.1 Å². The Morgan fingerprint density at radius 1 is 0.897 bits per heavy atom. The van der Waals surface area contributed by atoms with Crippen molar-refractivity contribution in [3.05, 3.63) is 90.0 Å². The second-order valence-electron chi connectivity index (χ2n) is 8.83. The van der Waals surface area contributed by atoms with Gasteiger partial charge in [0.2, 0.25) is 5.91 Å². The van der Waals surface area contributed by atoms with Crippen molar-refractivity contribution in [2.24, 2.45) is 5.73 Å². The van der Waals surface area contributed by atoms with E-state index in [1.807, 2.05) is 80.6 Å². The number of hydrogen-bond donors (Lipinski definition) is 2. The predicted molar refractivity (Wildman–Crippen MR) is 156 cm³/mol. The van der Waals surface area contributed by atoms with Crippen molar-refractivity contribution in [3.63, 3.8) is 0 Å². The normalized spacial score (nSPS) is 11.1. The highest BCUT2D eigenvalue weighted by atomic mass is 16.5. The zero-order valence-electron chi connectivity index (χ0n) is 22.3. The van der Waals surface area contributed by atoms with Crippen LogP contribution in [0.25, 0.3) is 28.1 Å². The number of anilines is 1. The lowest BCUT2D eigenvalue weighted by atomic mass is 9.99. The van der Waals surface area contributed by atoms with E-state index in [-0.39, 0.29) is 24.5 Å². The number of benzene rings is 3. The second-order valence-corrected chi connectivity index (χ2v) is 8.83. The molecule has 4 aromatic rings. The first-order valence-electron chi connectivity index (χ1n) is 13.1. The van der Waals surface area contributed by atoms with Crippen molar-refractivity contribution in [1.82, 2.24) is 4.98 Å². The van der Waals surface area contributed by atoms with Gasteiger partial charge in [0.15, 0.2) is 17.3 Å². The lowest BCUT2D eigenvalue weighted by Gasteiger charge is -2.13. The molecule has 1 aromatic heterocycles. The van der Waals surface area contributed by atoms with Gasteiger partial charge >= 0.3 is 0 Å². The van der Waals surface area contributed by atoms with E-state index in [0.29, 0.717) is 42.6 Å². The highest BCUT2D eigenvalue weighted by Gasteiger charge is 2.15. The molecule has 39 heavy (non-hydrogen) atoms. The van der Waals surface area contributed by atoms with E-state index >= 15 is 0 Å². The molecule has 1 amide bonds. The van der Waals surface area contributed by atoms with E-state index in [2.05, 4.69) is 5.32 Å². The Kier molecular flexibility index (Phi) is 9.43. The van der Waals surface area contributed by atoms with Gasteiger partial charge in [0.1, 0.15) is 5.82 Å².